The molecule has 0 aliphatic heterocycles. The van der Waals surface area contributed by atoms with Gasteiger partial charge in [0.15, 0.2) is 0 Å². The molecule has 0 aromatic rings. The van der Waals surface area contributed by atoms with E-state index in [9.17, 15) is 8.42 Å². The number of hydrogen-bond donors (Lipinski definition) is 3. The third-order valence-corrected chi connectivity index (χ3v) is 2.26. The molecular formula is C5H14N2O3S. The lowest BCUT2D eigenvalue weighted by atomic mass is 10.0. The van der Waals surface area contributed by atoms with Crippen molar-refractivity contribution in [2.24, 2.45) is 5.14 Å². The highest BCUT2D eigenvalue weighted by Crippen LogP contribution is 2.08. The fourth-order valence-corrected chi connectivity index (χ4v) is 1.36. The Bertz CT molecular complexity index is 220. The van der Waals surface area contributed by atoms with Crippen molar-refractivity contribution < 1.29 is 13.5 Å². The van der Waals surface area contributed by atoms with E-state index in [1.165, 1.54) is 6.92 Å². The first-order valence-electron chi connectivity index (χ1n) is 3.15. The van der Waals surface area contributed by atoms with E-state index in [0.29, 0.717) is 0 Å². The molecule has 0 spiro atoms. The molecule has 1 atom stereocenters. The van der Waals surface area contributed by atoms with E-state index in [1.54, 1.807) is 13.8 Å². The number of aliphatic hydroxyl groups is 1. The summed E-state index contributed by atoms with van der Waals surface area (Å²) in [5, 5.41) is 13.8. The molecule has 68 valence electrons. The number of hydrogen-bond acceptors (Lipinski definition) is 3. The second-order valence-corrected chi connectivity index (χ2v) is 4.34. The van der Waals surface area contributed by atoms with Gasteiger partial charge in [0.25, 0.3) is 10.2 Å². The third kappa shape index (κ3) is 4.31. The maximum atomic E-state index is 10.5. The first-order chi connectivity index (χ1) is 4.65. The Morgan fingerprint density at radius 1 is 1.55 bits per heavy atom. The predicted octanol–water partition coefficient (Wildman–Crippen LogP) is -1.06. The zero-order valence-corrected chi connectivity index (χ0v) is 7.64. The molecule has 0 radical (unpaired) electrons. The van der Waals surface area contributed by atoms with Crippen LogP contribution in [0.2, 0.25) is 0 Å². The van der Waals surface area contributed by atoms with Gasteiger partial charge in [-0.05, 0) is 20.8 Å². The molecule has 0 aliphatic carbocycles. The standard InChI is InChI=1S/C5H14N2O3S/c1-4(8)5(2,3)7-11(6,9)10/h4,7-8H,1-3H3,(H2,6,9,10). The predicted molar refractivity (Wildman–Crippen MR) is 42.0 cm³/mol. The zero-order chi connectivity index (χ0) is 9.28. The average molecular weight is 182 g/mol. The van der Waals surface area contributed by atoms with Crippen LogP contribution in [0.25, 0.3) is 0 Å². The fraction of sp³-hybridized carbons (Fsp3) is 1.00. The lowest BCUT2D eigenvalue weighted by Crippen LogP contribution is -2.52. The van der Waals surface area contributed by atoms with E-state index in [1.807, 2.05) is 0 Å². The summed E-state index contributed by atoms with van der Waals surface area (Å²) in [7, 11) is -3.74. The van der Waals surface area contributed by atoms with Crippen molar-refractivity contribution in [3.05, 3.63) is 0 Å². The minimum absolute atomic E-state index is 0.791. The summed E-state index contributed by atoms with van der Waals surface area (Å²) in [4.78, 5) is 0. The summed E-state index contributed by atoms with van der Waals surface area (Å²) in [5.74, 6) is 0. The Balaban J connectivity index is 4.38. The second kappa shape index (κ2) is 3.06. The minimum atomic E-state index is -3.74. The Morgan fingerprint density at radius 3 is 2.00 bits per heavy atom. The van der Waals surface area contributed by atoms with E-state index < -0.39 is 21.9 Å². The number of aliphatic hydroxyl groups excluding tert-OH is 1. The number of nitrogens with two attached hydrogens (primary N) is 1. The van der Waals surface area contributed by atoms with Crippen molar-refractivity contribution in [3.8, 4) is 0 Å². The van der Waals surface area contributed by atoms with Gasteiger partial charge in [0.1, 0.15) is 0 Å². The summed E-state index contributed by atoms with van der Waals surface area (Å²) in [5.41, 5.74) is -0.923. The van der Waals surface area contributed by atoms with Crippen LogP contribution in [0.1, 0.15) is 20.8 Å². The van der Waals surface area contributed by atoms with Crippen LogP contribution < -0.4 is 9.86 Å². The zero-order valence-electron chi connectivity index (χ0n) is 6.83. The van der Waals surface area contributed by atoms with E-state index >= 15 is 0 Å². The lowest BCUT2D eigenvalue weighted by molar-refractivity contribution is 0.111. The van der Waals surface area contributed by atoms with Gasteiger partial charge in [-0.15, -0.1) is 0 Å². The fourth-order valence-electron chi connectivity index (χ4n) is 0.452. The summed E-state index contributed by atoms with van der Waals surface area (Å²) in [6.07, 6.45) is -0.791. The van der Waals surface area contributed by atoms with Gasteiger partial charge in [-0.1, -0.05) is 0 Å². The molecule has 6 heteroatoms. The Morgan fingerprint density at radius 2 is 1.91 bits per heavy atom. The molecule has 0 heterocycles. The molecule has 0 saturated carbocycles. The van der Waals surface area contributed by atoms with Crippen LogP contribution in [0.15, 0.2) is 0 Å². The highest BCUT2D eigenvalue weighted by molar-refractivity contribution is 7.87. The summed E-state index contributed by atoms with van der Waals surface area (Å²) < 4.78 is 23.1. The molecule has 0 aliphatic rings. The third-order valence-electron chi connectivity index (χ3n) is 1.45. The quantitative estimate of drug-likeness (QED) is 0.519. The molecule has 0 aromatic heterocycles. The molecule has 0 amide bonds. The highest BCUT2D eigenvalue weighted by atomic mass is 32.2. The van der Waals surface area contributed by atoms with Gasteiger partial charge < -0.3 is 5.11 Å². The van der Waals surface area contributed by atoms with Crippen LogP contribution in [0, 0.1) is 0 Å². The Hall–Kier alpha value is -0.170. The Labute approximate surface area is 66.8 Å². The van der Waals surface area contributed by atoms with Crippen LogP contribution in [0.5, 0.6) is 0 Å². The van der Waals surface area contributed by atoms with Crippen molar-refractivity contribution in [1.82, 2.24) is 4.72 Å². The van der Waals surface area contributed by atoms with Crippen LogP contribution in [-0.4, -0.2) is 25.2 Å². The molecule has 0 saturated heterocycles. The molecule has 0 aromatic carbocycles. The average Bonchev–Trinajstić information content (AvgIpc) is 1.56. The van der Waals surface area contributed by atoms with Gasteiger partial charge in [-0.25, -0.2) is 5.14 Å². The highest BCUT2D eigenvalue weighted by Gasteiger charge is 2.27. The molecule has 11 heavy (non-hydrogen) atoms. The van der Waals surface area contributed by atoms with Gasteiger partial charge in [0.05, 0.1) is 11.6 Å². The van der Waals surface area contributed by atoms with Crippen molar-refractivity contribution in [3.63, 3.8) is 0 Å². The maximum Gasteiger partial charge on any atom is 0.274 e. The van der Waals surface area contributed by atoms with Gasteiger partial charge in [0.2, 0.25) is 0 Å². The molecule has 5 nitrogen and oxygen atoms in total. The van der Waals surface area contributed by atoms with Crippen molar-refractivity contribution >= 4 is 10.2 Å². The first-order valence-corrected chi connectivity index (χ1v) is 4.69. The smallest absolute Gasteiger partial charge is 0.274 e. The van der Waals surface area contributed by atoms with Crippen LogP contribution in [0.3, 0.4) is 0 Å². The topological polar surface area (TPSA) is 92.4 Å². The van der Waals surface area contributed by atoms with E-state index in [4.69, 9.17) is 10.2 Å². The summed E-state index contributed by atoms with van der Waals surface area (Å²) >= 11 is 0. The first kappa shape index (κ1) is 10.8. The van der Waals surface area contributed by atoms with Crippen molar-refractivity contribution in [2.45, 2.75) is 32.4 Å². The normalized spacial score (nSPS) is 16.5. The van der Waals surface area contributed by atoms with Crippen LogP contribution in [-0.2, 0) is 10.2 Å². The van der Waals surface area contributed by atoms with Gasteiger partial charge >= 0.3 is 0 Å². The molecule has 0 rings (SSSR count). The summed E-state index contributed by atoms with van der Waals surface area (Å²) in [6, 6.07) is 0. The molecule has 4 N–H and O–H groups in total. The van der Waals surface area contributed by atoms with Gasteiger partial charge in [-0.2, -0.15) is 13.1 Å². The Kier molecular flexibility index (Phi) is 3.01. The van der Waals surface area contributed by atoms with Gasteiger partial charge in [0, 0.05) is 0 Å². The van der Waals surface area contributed by atoms with E-state index in [-0.39, 0.29) is 0 Å². The largest absolute Gasteiger partial charge is 0.391 e. The molecule has 0 fully saturated rings. The molecular weight excluding hydrogens is 168 g/mol. The van der Waals surface area contributed by atoms with Gasteiger partial charge in [-0.3, -0.25) is 0 Å². The van der Waals surface area contributed by atoms with Crippen molar-refractivity contribution in [1.29, 1.82) is 0 Å². The lowest BCUT2D eigenvalue weighted by Gasteiger charge is -2.27. The van der Waals surface area contributed by atoms with Crippen LogP contribution in [0.4, 0.5) is 0 Å². The number of nitrogens with one attached hydrogen (secondary N) is 1. The SMILES string of the molecule is CC(O)C(C)(C)NS(N)(=O)=O. The van der Waals surface area contributed by atoms with E-state index in [0.717, 1.165) is 0 Å². The molecule has 0 bridgehead atoms. The second-order valence-electron chi connectivity index (χ2n) is 3.04. The van der Waals surface area contributed by atoms with Crippen molar-refractivity contribution in [2.75, 3.05) is 0 Å². The molecule has 1 unspecified atom stereocenters. The van der Waals surface area contributed by atoms with E-state index in [2.05, 4.69) is 4.72 Å². The van der Waals surface area contributed by atoms with Crippen LogP contribution >= 0.6 is 0 Å². The maximum absolute atomic E-state index is 10.5. The minimum Gasteiger partial charge on any atom is -0.391 e. The summed E-state index contributed by atoms with van der Waals surface area (Å²) in [6.45, 7) is 4.57. The monoisotopic (exact) mass is 182 g/mol. The number of rotatable bonds is 3.